The van der Waals surface area contributed by atoms with E-state index in [0.717, 1.165) is 4.57 Å². The van der Waals surface area contributed by atoms with Gasteiger partial charge in [0.05, 0.1) is 27.8 Å². The molecule has 1 amide bonds. The highest BCUT2D eigenvalue weighted by Gasteiger charge is 2.19. The van der Waals surface area contributed by atoms with Gasteiger partial charge in [-0.1, -0.05) is 23.7 Å². The number of nitrogens with zero attached hydrogens (tertiary/aromatic N) is 3. The van der Waals surface area contributed by atoms with Gasteiger partial charge in [0.1, 0.15) is 12.6 Å². The number of benzene rings is 2. The number of carbonyl (C=O) groups excluding carboxylic acids is 2. The number of hydrogen-bond donors (Lipinski definition) is 1. The number of aromatic nitrogens is 2. The summed E-state index contributed by atoms with van der Waals surface area (Å²) in [5.74, 6) is -1.34. The van der Waals surface area contributed by atoms with E-state index in [1.165, 1.54) is 31.5 Å². The minimum atomic E-state index is -1.11. The van der Waals surface area contributed by atoms with Crippen LogP contribution in [-0.2, 0) is 20.9 Å². The maximum atomic E-state index is 12.4. The van der Waals surface area contributed by atoms with Crippen molar-refractivity contribution >= 4 is 40.1 Å². The SMILES string of the molecule is C[C@@H](OC(=O)Cn1cnc2ccccc2c1=O)C(=O)Nc1ccc(C#N)c(Cl)c1. The molecule has 3 aromatic rings. The highest BCUT2D eigenvalue weighted by molar-refractivity contribution is 6.32. The highest BCUT2D eigenvalue weighted by atomic mass is 35.5. The van der Waals surface area contributed by atoms with E-state index in [1.807, 2.05) is 6.07 Å². The number of halogens is 1. The Morgan fingerprint density at radius 3 is 2.79 bits per heavy atom. The molecular weight excluding hydrogens is 396 g/mol. The molecule has 0 fully saturated rings. The highest BCUT2D eigenvalue weighted by Crippen LogP contribution is 2.20. The third-order valence-corrected chi connectivity index (χ3v) is 4.38. The van der Waals surface area contributed by atoms with Crippen molar-refractivity contribution in [2.75, 3.05) is 5.32 Å². The predicted molar refractivity (Wildman–Crippen MR) is 106 cm³/mol. The Hall–Kier alpha value is -3.70. The molecule has 1 heterocycles. The standard InChI is InChI=1S/C20H15ClN4O4/c1-12(19(27)24-14-7-6-13(9-22)16(21)8-14)29-18(26)10-25-11-23-17-5-3-2-4-15(17)20(25)28/h2-8,11-12H,10H2,1H3,(H,24,27)/t12-/m1/s1. The summed E-state index contributed by atoms with van der Waals surface area (Å²) in [6, 6.07) is 13.1. The van der Waals surface area contributed by atoms with Crippen LogP contribution in [0.15, 0.2) is 53.6 Å². The fraction of sp³-hybridized carbons (Fsp3) is 0.150. The number of esters is 1. The minimum absolute atomic E-state index is 0.193. The van der Waals surface area contributed by atoms with Crippen molar-refractivity contribution in [3.05, 3.63) is 69.7 Å². The van der Waals surface area contributed by atoms with Gasteiger partial charge in [0.2, 0.25) is 0 Å². The van der Waals surface area contributed by atoms with Crippen molar-refractivity contribution in [2.45, 2.75) is 19.6 Å². The second-order valence-corrected chi connectivity index (χ2v) is 6.53. The molecule has 0 unspecified atom stereocenters. The monoisotopic (exact) mass is 410 g/mol. The number of fused-ring (bicyclic) bond motifs is 1. The molecule has 9 heteroatoms. The normalized spacial score (nSPS) is 11.5. The van der Waals surface area contributed by atoms with Gasteiger partial charge < -0.3 is 10.1 Å². The van der Waals surface area contributed by atoms with Crippen LogP contribution in [0.4, 0.5) is 5.69 Å². The van der Waals surface area contributed by atoms with Crippen LogP contribution in [-0.4, -0.2) is 27.5 Å². The van der Waals surface area contributed by atoms with E-state index in [1.54, 1.807) is 24.3 Å². The topological polar surface area (TPSA) is 114 Å². The van der Waals surface area contributed by atoms with Crippen LogP contribution in [0.2, 0.25) is 5.02 Å². The molecule has 0 saturated carbocycles. The second kappa shape index (κ2) is 8.54. The number of rotatable bonds is 5. The van der Waals surface area contributed by atoms with E-state index in [0.29, 0.717) is 16.6 Å². The molecule has 0 aliphatic rings. The predicted octanol–water partition coefficient (Wildman–Crippen LogP) is 2.49. The van der Waals surface area contributed by atoms with Crippen LogP contribution in [0.5, 0.6) is 0 Å². The van der Waals surface area contributed by atoms with E-state index in [2.05, 4.69) is 10.3 Å². The summed E-state index contributed by atoms with van der Waals surface area (Å²) in [7, 11) is 0. The number of anilines is 1. The summed E-state index contributed by atoms with van der Waals surface area (Å²) in [5, 5.41) is 12.0. The summed E-state index contributed by atoms with van der Waals surface area (Å²) in [4.78, 5) is 40.9. The first-order valence-corrected chi connectivity index (χ1v) is 8.91. The molecule has 0 aliphatic carbocycles. The van der Waals surface area contributed by atoms with Crippen molar-refractivity contribution < 1.29 is 14.3 Å². The van der Waals surface area contributed by atoms with Gasteiger partial charge in [-0.3, -0.25) is 19.0 Å². The van der Waals surface area contributed by atoms with Crippen LogP contribution in [0.1, 0.15) is 12.5 Å². The lowest BCUT2D eigenvalue weighted by Gasteiger charge is -2.14. The van der Waals surface area contributed by atoms with Gasteiger partial charge in [-0.2, -0.15) is 5.26 Å². The Morgan fingerprint density at radius 1 is 1.31 bits per heavy atom. The maximum absolute atomic E-state index is 12.4. The molecule has 0 bridgehead atoms. The number of amides is 1. The van der Waals surface area contributed by atoms with Crippen LogP contribution in [0.25, 0.3) is 10.9 Å². The molecule has 0 aliphatic heterocycles. The number of ether oxygens (including phenoxy) is 1. The molecule has 146 valence electrons. The van der Waals surface area contributed by atoms with Crippen LogP contribution < -0.4 is 10.9 Å². The van der Waals surface area contributed by atoms with Crippen molar-refractivity contribution in [1.82, 2.24) is 9.55 Å². The summed E-state index contributed by atoms with van der Waals surface area (Å²) in [6.07, 6.45) is 0.149. The number of para-hydroxylation sites is 1. The Bertz CT molecular complexity index is 1200. The third kappa shape index (κ3) is 4.59. The summed E-state index contributed by atoms with van der Waals surface area (Å²) in [5.41, 5.74) is 0.781. The summed E-state index contributed by atoms with van der Waals surface area (Å²) in [6.45, 7) is 1.02. The van der Waals surface area contributed by atoms with Gasteiger partial charge >= 0.3 is 5.97 Å². The van der Waals surface area contributed by atoms with Crippen LogP contribution in [0.3, 0.4) is 0 Å². The Balaban J connectivity index is 1.64. The van der Waals surface area contributed by atoms with Crippen molar-refractivity contribution in [3.8, 4) is 6.07 Å². The molecular formula is C20H15ClN4O4. The van der Waals surface area contributed by atoms with Crippen molar-refractivity contribution in [2.24, 2.45) is 0 Å². The number of nitriles is 1. The van der Waals surface area contributed by atoms with Gasteiger partial charge in [0, 0.05) is 5.69 Å². The van der Waals surface area contributed by atoms with E-state index in [9.17, 15) is 14.4 Å². The molecule has 1 aromatic heterocycles. The molecule has 3 rings (SSSR count). The van der Waals surface area contributed by atoms with Gasteiger partial charge in [-0.05, 0) is 37.3 Å². The smallest absolute Gasteiger partial charge is 0.326 e. The molecule has 0 radical (unpaired) electrons. The first-order valence-electron chi connectivity index (χ1n) is 8.53. The number of carbonyl (C=O) groups is 2. The first kappa shape index (κ1) is 20.0. The van der Waals surface area contributed by atoms with Crippen molar-refractivity contribution in [3.63, 3.8) is 0 Å². The zero-order valence-corrected chi connectivity index (χ0v) is 16.0. The largest absolute Gasteiger partial charge is 0.451 e. The van der Waals surface area contributed by atoms with Crippen LogP contribution in [0, 0.1) is 11.3 Å². The van der Waals surface area contributed by atoms with Crippen molar-refractivity contribution in [1.29, 1.82) is 5.26 Å². The maximum Gasteiger partial charge on any atom is 0.326 e. The molecule has 29 heavy (non-hydrogen) atoms. The molecule has 8 nitrogen and oxygen atoms in total. The lowest BCUT2D eigenvalue weighted by Crippen LogP contribution is -2.33. The Morgan fingerprint density at radius 2 is 2.07 bits per heavy atom. The van der Waals surface area contributed by atoms with E-state index in [-0.39, 0.29) is 22.7 Å². The lowest BCUT2D eigenvalue weighted by molar-refractivity contribution is -0.153. The first-order chi connectivity index (χ1) is 13.9. The van der Waals surface area contributed by atoms with E-state index < -0.39 is 18.0 Å². The fourth-order valence-corrected chi connectivity index (χ4v) is 2.80. The summed E-state index contributed by atoms with van der Waals surface area (Å²) < 4.78 is 6.23. The molecule has 0 spiro atoms. The number of nitrogens with one attached hydrogen (secondary N) is 1. The quantitative estimate of drug-likeness (QED) is 0.646. The Kier molecular flexibility index (Phi) is 5.90. The van der Waals surface area contributed by atoms with Gasteiger partial charge in [0.25, 0.3) is 11.5 Å². The summed E-state index contributed by atoms with van der Waals surface area (Å²) >= 11 is 5.93. The molecule has 0 saturated heterocycles. The molecule has 2 aromatic carbocycles. The fourth-order valence-electron chi connectivity index (χ4n) is 2.57. The third-order valence-electron chi connectivity index (χ3n) is 4.07. The van der Waals surface area contributed by atoms with E-state index in [4.69, 9.17) is 21.6 Å². The Labute approximate surface area is 170 Å². The zero-order chi connectivity index (χ0) is 21.0. The molecule has 1 N–H and O–H groups in total. The van der Waals surface area contributed by atoms with Gasteiger partial charge in [-0.15, -0.1) is 0 Å². The van der Waals surface area contributed by atoms with Gasteiger partial charge in [-0.25, -0.2) is 4.98 Å². The lowest BCUT2D eigenvalue weighted by atomic mass is 10.2. The molecule has 1 atom stereocenters. The van der Waals surface area contributed by atoms with Crippen LogP contribution >= 0.6 is 11.6 Å². The second-order valence-electron chi connectivity index (χ2n) is 6.12. The van der Waals surface area contributed by atoms with E-state index >= 15 is 0 Å². The zero-order valence-electron chi connectivity index (χ0n) is 15.3. The average molecular weight is 411 g/mol. The number of hydrogen-bond acceptors (Lipinski definition) is 6. The van der Waals surface area contributed by atoms with Gasteiger partial charge in [0.15, 0.2) is 6.10 Å². The average Bonchev–Trinajstić information content (AvgIpc) is 2.70. The minimum Gasteiger partial charge on any atom is -0.451 e.